The zero-order valence-corrected chi connectivity index (χ0v) is 12.2. The fraction of sp³-hybridized carbons (Fsp3) is 0.400. The number of aromatic nitrogens is 1. The summed E-state index contributed by atoms with van der Waals surface area (Å²) in [5, 5.41) is 2.26. The highest BCUT2D eigenvalue weighted by atomic mass is 32.2. The Kier molecular flexibility index (Phi) is 3.05. The van der Waals surface area contributed by atoms with Crippen molar-refractivity contribution in [2.75, 3.05) is 29.5 Å². The maximum absolute atomic E-state index is 6.06. The molecule has 0 radical (unpaired) electrons. The molecule has 3 nitrogen and oxygen atoms in total. The van der Waals surface area contributed by atoms with E-state index in [4.69, 9.17) is 5.73 Å². The number of benzene rings is 1. The van der Waals surface area contributed by atoms with E-state index in [1.807, 2.05) is 30.1 Å². The normalized spacial score (nSPS) is 18.7. The van der Waals surface area contributed by atoms with Crippen LogP contribution in [0.4, 0.5) is 11.4 Å². The van der Waals surface area contributed by atoms with Crippen LogP contribution in [0.3, 0.4) is 0 Å². The van der Waals surface area contributed by atoms with Crippen molar-refractivity contribution in [3.63, 3.8) is 0 Å². The van der Waals surface area contributed by atoms with Gasteiger partial charge >= 0.3 is 0 Å². The standard InChI is InChI=1S/C15H19N3S/c1-15(2)10-18(7-8-19-15)14-4-3-13(16)11-5-6-17-9-12(11)14/h3-6,9H,7-8,10,16H2,1-2H3. The van der Waals surface area contributed by atoms with Crippen molar-refractivity contribution in [2.45, 2.75) is 18.6 Å². The summed E-state index contributed by atoms with van der Waals surface area (Å²) in [5.41, 5.74) is 8.14. The molecule has 19 heavy (non-hydrogen) atoms. The van der Waals surface area contributed by atoms with Crippen LogP contribution >= 0.6 is 11.8 Å². The van der Waals surface area contributed by atoms with E-state index in [9.17, 15) is 0 Å². The Morgan fingerprint density at radius 3 is 2.89 bits per heavy atom. The number of fused-ring (bicyclic) bond motifs is 1. The summed E-state index contributed by atoms with van der Waals surface area (Å²) in [6, 6.07) is 6.13. The molecule has 0 spiro atoms. The first-order chi connectivity index (χ1) is 9.07. The molecule has 1 aliphatic heterocycles. The predicted molar refractivity (Wildman–Crippen MR) is 84.9 cm³/mol. The van der Waals surface area contributed by atoms with Gasteiger partial charge in [0.05, 0.1) is 0 Å². The molecular formula is C15H19N3S. The lowest BCUT2D eigenvalue weighted by molar-refractivity contribution is 0.649. The van der Waals surface area contributed by atoms with Crippen molar-refractivity contribution < 1.29 is 0 Å². The molecule has 1 fully saturated rings. The minimum Gasteiger partial charge on any atom is -0.398 e. The maximum Gasteiger partial charge on any atom is 0.0463 e. The number of rotatable bonds is 1. The van der Waals surface area contributed by atoms with Gasteiger partial charge < -0.3 is 10.6 Å². The fourth-order valence-electron chi connectivity index (χ4n) is 2.70. The number of hydrogen-bond acceptors (Lipinski definition) is 4. The summed E-state index contributed by atoms with van der Waals surface area (Å²) in [6.45, 7) is 6.76. The van der Waals surface area contributed by atoms with Crippen LogP contribution in [-0.4, -0.2) is 28.6 Å². The van der Waals surface area contributed by atoms with Crippen LogP contribution in [-0.2, 0) is 0 Å². The van der Waals surface area contributed by atoms with Gasteiger partial charge in [0.15, 0.2) is 0 Å². The molecule has 100 valence electrons. The quantitative estimate of drug-likeness (QED) is 0.811. The molecule has 2 heterocycles. The summed E-state index contributed by atoms with van der Waals surface area (Å²) < 4.78 is 0.300. The van der Waals surface area contributed by atoms with Gasteiger partial charge in [0, 0.05) is 58.1 Å². The number of nitrogen functional groups attached to an aromatic ring is 1. The Bertz CT molecular complexity index is 609. The number of thioether (sulfide) groups is 1. The maximum atomic E-state index is 6.06. The molecule has 1 saturated heterocycles. The highest BCUT2D eigenvalue weighted by Gasteiger charge is 2.27. The molecule has 2 N–H and O–H groups in total. The third-order valence-corrected chi connectivity index (χ3v) is 4.89. The van der Waals surface area contributed by atoms with Gasteiger partial charge in [-0.1, -0.05) is 0 Å². The average molecular weight is 273 g/mol. The number of pyridine rings is 1. The fourth-order valence-corrected chi connectivity index (χ4v) is 3.81. The minimum absolute atomic E-state index is 0.300. The summed E-state index contributed by atoms with van der Waals surface area (Å²) >= 11 is 2.05. The van der Waals surface area contributed by atoms with Crippen LogP contribution in [0.2, 0.25) is 0 Å². The third-order valence-electron chi connectivity index (χ3n) is 3.60. The Labute approximate surface area is 118 Å². The Morgan fingerprint density at radius 2 is 2.11 bits per heavy atom. The zero-order valence-electron chi connectivity index (χ0n) is 11.4. The predicted octanol–water partition coefficient (Wildman–Crippen LogP) is 3.15. The smallest absolute Gasteiger partial charge is 0.0463 e. The molecule has 1 aliphatic rings. The first-order valence-corrected chi connectivity index (χ1v) is 7.56. The molecular weight excluding hydrogens is 254 g/mol. The molecule has 0 atom stereocenters. The van der Waals surface area contributed by atoms with Crippen LogP contribution in [0.1, 0.15) is 13.8 Å². The van der Waals surface area contributed by atoms with E-state index in [0.717, 1.165) is 29.5 Å². The first-order valence-electron chi connectivity index (χ1n) is 6.58. The number of anilines is 2. The van der Waals surface area contributed by atoms with Crippen LogP contribution in [0.25, 0.3) is 10.8 Å². The third kappa shape index (κ3) is 2.37. The Hall–Kier alpha value is -1.42. The van der Waals surface area contributed by atoms with E-state index in [-0.39, 0.29) is 0 Å². The second-order valence-electron chi connectivity index (χ2n) is 5.62. The summed E-state index contributed by atoms with van der Waals surface area (Å²) in [5.74, 6) is 1.17. The van der Waals surface area contributed by atoms with Gasteiger partial charge in [-0.3, -0.25) is 4.98 Å². The largest absolute Gasteiger partial charge is 0.398 e. The lowest BCUT2D eigenvalue weighted by atomic mass is 10.1. The lowest BCUT2D eigenvalue weighted by Gasteiger charge is -2.39. The average Bonchev–Trinajstić information content (AvgIpc) is 2.38. The Morgan fingerprint density at radius 1 is 1.26 bits per heavy atom. The molecule has 0 aliphatic carbocycles. The van der Waals surface area contributed by atoms with Crippen molar-refractivity contribution in [2.24, 2.45) is 0 Å². The highest BCUT2D eigenvalue weighted by Crippen LogP contribution is 2.36. The molecule has 4 heteroatoms. The van der Waals surface area contributed by atoms with Crippen LogP contribution in [0.15, 0.2) is 30.6 Å². The van der Waals surface area contributed by atoms with Crippen molar-refractivity contribution in [3.8, 4) is 0 Å². The van der Waals surface area contributed by atoms with E-state index < -0.39 is 0 Å². The molecule has 0 saturated carbocycles. The van der Waals surface area contributed by atoms with Gasteiger partial charge in [-0.2, -0.15) is 11.8 Å². The van der Waals surface area contributed by atoms with E-state index >= 15 is 0 Å². The molecule has 2 aromatic rings. The topological polar surface area (TPSA) is 42.1 Å². The van der Waals surface area contributed by atoms with Gasteiger partial charge in [-0.15, -0.1) is 0 Å². The van der Waals surface area contributed by atoms with Crippen LogP contribution in [0.5, 0.6) is 0 Å². The lowest BCUT2D eigenvalue weighted by Crippen LogP contribution is -2.43. The summed E-state index contributed by atoms with van der Waals surface area (Å²) in [7, 11) is 0. The van der Waals surface area contributed by atoms with E-state index in [0.29, 0.717) is 4.75 Å². The number of hydrogen-bond donors (Lipinski definition) is 1. The van der Waals surface area contributed by atoms with Crippen molar-refractivity contribution in [1.82, 2.24) is 4.98 Å². The van der Waals surface area contributed by atoms with Crippen LogP contribution in [0, 0.1) is 0 Å². The van der Waals surface area contributed by atoms with Gasteiger partial charge in [-0.25, -0.2) is 0 Å². The minimum atomic E-state index is 0.300. The SMILES string of the molecule is CC1(C)CN(c2ccc(N)c3ccncc23)CCS1. The number of nitrogens with zero attached hydrogens (tertiary/aromatic N) is 2. The van der Waals surface area contributed by atoms with Crippen molar-refractivity contribution in [3.05, 3.63) is 30.6 Å². The summed E-state index contributed by atoms with van der Waals surface area (Å²) in [4.78, 5) is 6.72. The zero-order chi connectivity index (χ0) is 13.5. The molecule has 0 bridgehead atoms. The van der Waals surface area contributed by atoms with Crippen LogP contribution < -0.4 is 10.6 Å². The number of nitrogens with two attached hydrogens (primary N) is 1. The van der Waals surface area contributed by atoms with Crippen molar-refractivity contribution in [1.29, 1.82) is 0 Å². The van der Waals surface area contributed by atoms with E-state index in [2.05, 4.69) is 29.8 Å². The van der Waals surface area contributed by atoms with Gasteiger partial charge in [0.25, 0.3) is 0 Å². The molecule has 1 aromatic heterocycles. The summed E-state index contributed by atoms with van der Waals surface area (Å²) in [6.07, 6.45) is 3.73. The van der Waals surface area contributed by atoms with Gasteiger partial charge in [0.1, 0.15) is 0 Å². The first kappa shape index (κ1) is 12.6. The van der Waals surface area contributed by atoms with E-state index in [1.54, 1.807) is 6.20 Å². The second-order valence-corrected chi connectivity index (χ2v) is 7.43. The highest BCUT2D eigenvalue weighted by molar-refractivity contribution is 8.00. The van der Waals surface area contributed by atoms with E-state index in [1.165, 1.54) is 11.4 Å². The Balaban J connectivity index is 2.08. The van der Waals surface area contributed by atoms with Crippen molar-refractivity contribution >= 4 is 33.9 Å². The van der Waals surface area contributed by atoms with Gasteiger partial charge in [0.2, 0.25) is 0 Å². The molecule has 0 unspecified atom stereocenters. The monoisotopic (exact) mass is 273 g/mol. The molecule has 3 rings (SSSR count). The molecule has 1 aromatic carbocycles. The molecule has 0 amide bonds. The second kappa shape index (κ2) is 4.60. The van der Waals surface area contributed by atoms with Gasteiger partial charge in [-0.05, 0) is 32.0 Å².